The van der Waals surface area contributed by atoms with Gasteiger partial charge in [0.05, 0.1) is 6.61 Å². The van der Waals surface area contributed by atoms with Gasteiger partial charge in [-0.05, 0) is 24.6 Å². The average molecular weight is 277 g/mol. The second-order valence-electron chi connectivity index (χ2n) is 3.63. The molecule has 1 aromatic carbocycles. The molecule has 18 heavy (non-hydrogen) atoms. The van der Waals surface area contributed by atoms with Gasteiger partial charge in [-0.2, -0.15) is 4.72 Å². The maximum atomic E-state index is 13.4. The molecule has 1 aromatic rings. The van der Waals surface area contributed by atoms with Crippen LogP contribution in [-0.4, -0.2) is 37.2 Å². The molecule has 0 bridgehead atoms. The Morgan fingerprint density at radius 3 is 2.61 bits per heavy atom. The number of benzene rings is 1. The normalized spacial score (nSPS) is 13.3. The van der Waals surface area contributed by atoms with E-state index >= 15 is 0 Å². The smallest absolute Gasteiger partial charge is 0.324 e. The highest BCUT2D eigenvalue weighted by molar-refractivity contribution is 7.89. The van der Waals surface area contributed by atoms with Gasteiger partial charge in [0.2, 0.25) is 10.0 Å². The first-order valence-corrected chi connectivity index (χ1v) is 6.38. The number of nitrogens with one attached hydrogen (secondary N) is 1. The first-order chi connectivity index (χ1) is 8.27. The van der Waals surface area contributed by atoms with E-state index in [2.05, 4.69) is 0 Å². The third-order valence-electron chi connectivity index (χ3n) is 2.15. The molecule has 0 heterocycles. The summed E-state index contributed by atoms with van der Waals surface area (Å²) >= 11 is 0. The van der Waals surface area contributed by atoms with Gasteiger partial charge < -0.3 is 10.2 Å². The fourth-order valence-electron chi connectivity index (χ4n) is 1.23. The molecule has 6 nitrogen and oxygen atoms in total. The molecule has 0 fully saturated rings. The lowest BCUT2D eigenvalue weighted by atomic mass is 10.2. The highest BCUT2D eigenvalue weighted by Gasteiger charge is 2.26. The molecule has 0 spiro atoms. The van der Waals surface area contributed by atoms with Gasteiger partial charge in [-0.1, -0.05) is 6.07 Å². The van der Waals surface area contributed by atoms with Crippen molar-refractivity contribution in [1.29, 1.82) is 0 Å². The van der Waals surface area contributed by atoms with Gasteiger partial charge >= 0.3 is 5.97 Å². The molecule has 100 valence electrons. The summed E-state index contributed by atoms with van der Waals surface area (Å²) in [6, 6.07) is 1.72. The van der Waals surface area contributed by atoms with Crippen LogP contribution in [0.5, 0.6) is 0 Å². The van der Waals surface area contributed by atoms with Crippen LogP contribution in [0.3, 0.4) is 0 Å². The Labute approximate surface area is 103 Å². The Kier molecular flexibility index (Phi) is 4.38. The number of aliphatic carboxylic acids is 1. The van der Waals surface area contributed by atoms with Gasteiger partial charge in [0.15, 0.2) is 0 Å². The van der Waals surface area contributed by atoms with E-state index in [4.69, 9.17) is 10.2 Å². The van der Waals surface area contributed by atoms with E-state index < -0.39 is 39.4 Å². The highest BCUT2D eigenvalue weighted by atomic mass is 32.2. The maximum absolute atomic E-state index is 13.4. The molecule has 0 aliphatic heterocycles. The number of hydrogen-bond acceptors (Lipinski definition) is 4. The Bertz CT molecular complexity index is 557. The predicted molar refractivity (Wildman–Crippen MR) is 60.0 cm³/mol. The summed E-state index contributed by atoms with van der Waals surface area (Å²) in [7, 11) is -4.34. The molecule has 0 amide bonds. The third kappa shape index (κ3) is 3.25. The van der Waals surface area contributed by atoms with Gasteiger partial charge in [-0.3, -0.25) is 4.79 Å². The zero-order valence-electron chi connectivity index (χ0n) is 9.42. The second kappa shape index (κ2) is 5.42. The number of aliphatic hydroxyl groups excluding tert-OH is 1. The fourth-order valence-corrected chi connectivity index (χ4v) is 2.58. The van der Waals surface area contributed by atoms with Crippen molar-refractivity contribution < 1.29 is 27.8 Å². The van der Waals surface area contributed by atoms with Crippen molar-refractivity contribution in [2.75, 3.05) is 6.61 Å². The third-order valence-corrected chi connectivity index (χ3v) is 3.64. The Morgan fingerprint density at radius 1 is 1.50 bits per heavy atom. The van der Waals surface area contributed by atoms with Crippen LogP contribution < -0.4 is 4.72 Å². The van der Waals surface area contributed by atoms with Crippen LogP contribution in [0.25, 0.3) is 0 Å². The van der Waals surface area contributed by atoms with E-state index in [1.165, 1.54) is 6.07 Å². The number of aliphatic hydroxyl groups is 1. The Balaban J connectivity index is 3.14. The second-order valence-corrected chi connectivity index (χ2v) is 5.31. The van der Waals surface area contributed by atoms with Gasteiger partial charge in [0.1, 0.15) is 16.8 Å². The van der Waals surface area contributed by atoms with Gasteiger partial charge in [0, 0.05) is 0 Å². The van der Waals surface area contributed by atoms with E-state index in [1.54, 1.807) is 11.6 Å². The summed E-state index contributed by atoms with van der Waals surface area (Å²) in [6.45, 7) is 0.640. The van der Waals surface area contributed by atoms with Crippen LogP contribution in [0.1, 0.15) is 5.56 Å². The quantitative estimate of drug-likeness (QED) is 0.695. The highest BCUT2D eigenvalue weighted by Crippen LogP contribution is 2.16. The van der Waals surface area contributed by atoms with Gasteiger partial charge in [0.25, 0.3) is 0 Å². The zero-order valence-corrected chi connectivity index (χ0v) is 10.2. The van der Waals surface area contributed by atoms with E-state index in [-0.39, 0.29) is 0 Å². The SMILES string of the molecule is Cc1ccc(F)c(S(=O)(=O)N[C@H](CO)C(=O)O)c1. The molecular weight excluding hydrogens is 265 g/mol. The minimum absolute atomic E-state index is 0.507. The summed E-state index contributed by atoms with van der Waals surface area (Å²) in [5, 5.41) is 17.4. The Hall–Kier alpha value is -1.51. The van der Waals surface area contributed by atoms with Crippen molar-refractivity contribution in [3.63, 3.8) is 0 Å². The van der Waals surface area contributed by atoms with Crippen LogP contribution >= 0.6 is 0 Å². The first-order valence-electron chi connectivity index (χ1n) is 4.90. The molecule has 0 aromatic heterocycles. The predicted octanol–water partition coefficient (Wildman–Crippen LogP) is -0.142. The van der Waals surface area contributed by atoms with Crippen LogP contribution in [0.2, 0.25) is 0 Å². The van der Waals surface area contributed by atoms with E-state index in [1.807, 2.05) is 0 Å². The largest absolute Gasteiger partial charge is 0.480 e. The topological polar surface area (TPSA) is 104 Å². The van der Waals surface area contributed by atoms with E-state index in [0.29, 0.717) is 5.56 Å². The lowest BCUT2D eigenvalue weighted by Gasteiger charge is -2.13. The maximum Gasteiger partial charge on any atom is 0.324 e. The number of carbonyl (C=O) groups is 1. The number of rotatable bonds is 5. The van der Waals surface area contributed by atoms with Crippen molar-refractivity contribution in [2.45, 2.75) is 17.9 Å². The summed E-state index contributed by atoms with van der Waals surface area (Å²) in [5.41, 5.74) is 0.507. The lowest BCUT2D eigenvalue weighted by Crippen LogP contribution is -2.43. The van der Waals surface area contributed by atoms with Crippen molar-refractivity contribution in [3.05, 3.63) is 29.6 Å². The zero-order chi connectivity index (χ0) is 13.9. The minimum atomic E-state index is -4.34. The van der Waals surface area contributed by atoms with Gasteiger partial charge in [-0.25, -0.2) is 12.8 Å². The van der Waals surface area contributed by atoms with E-state index in [9.17, 15) is 17.6 Å². The molecule has 0 unspecified atom stereocenters. The van der Waals surface area contributed by atoms with Crippen LogP contribution in [-0.2, 0) is 14.8 Å². The molecule has 0 aliphatic carbocycles. The number of sulfonamides is 1. The van der Waals surface area contributed by atoms with E-state index in [0.717, 1.165) is 12.1 Å². The number of halogens is 1. The first kappa shape index (κ1) is 14.6. The number of hydrogen-bond donors (Lipinski definition) is 3. The summed E-state index contributed by atoms with van der Waals surface area (Å²) in [4.78, 5) is 9.96. The monoisotopic (exact) mass is 277 g/mol. The lowest BCUT2D eigenvalue weighted by molar-refractivity contribution is -0.139. The molecule has 0 aliphatic rings. The molecule has 8 heteroatoms. The molecule has 0 radical (unpaired) electrons. The molecule has 1 atom stereocenters. The molecule has 0 saturated heterocycles. The van der Waals surface area contributed by atoms with Crippen molar-refractivity contribution in [2.24, 2.45) is 0 Å². The Morgan fingerprint density at radius 2 is 2.11 bits per heavy atom. The van der Waals surface area contributed by atoms with Crippen LogP contribution in [0, 0.1) is 12.7 Å². The number of aryl methyl sites for hydroxylation is 1. The molecular formula is C10H12FNO5S. The van der Waals surface area contributed by atoms with Gasteiger partial charge in [-0.15, -0.1) is 0 Å². The van der Waals surface area contributed by atoms with Crippen LogP contribution in [0.4, 0.5) is 4.39 Å². The molecule has 1 rings (SSSR count). The summed E-state index contributed by atoms with van der Waals surface area (Å²) in [6.07, 6.45) is 0. The fraction of sp³-hybridized carbons (Fsp3) is 0.300. The standard InChI is InChI=1S/C10H12FNO5S/c1-6-2-3-7(11)9(4-6)18(16,17)12-8(5-13)10(14)15/h2-4,8,12-13H,5H2,1H3,(H,14,15)/t8-/m1/s1. The molecule has 3 N–H and O–H groups in total. The van der Waals surface area contributed by atoms with Crippen LogP contribution in [0.15, 0.2) is 23.1 Å². The number of carboxylic acid groups (broad SMARTS) is 1. The number of carboxylic acids is 1. The van der Waals surface area contributed by atoms with Crippen molar-refractivity contribution >= 4 is 16.0 Å². The van der Waals surface area contributed by atoms with Crippen molar-refractivity contribution in [3.8, 4) is 0 Å². The summed E-state index contributed by atoms with van der Waals surface area (Å²) in [5.74, 6) is -2.54. The minimum Gasteiger partial charge on any atom is -0.480 e. The summed E-state index contributed by atoms with van der Waals surface area (Å²) < 4.78 is 38.6. The average Bonchev–Trinajstić information content (AvgIpc) is 2.28. The van der Waals surface area contributed by atoms with Crippen molar-refractivity contribution in [1.82, 2.24) is 4.72 Å². The molecule has 0 saturated carbocycles.